The summed E-state index contributed by atoms with van der Waals surface area (Å²) in [6.07, 6.45) is 5.01. The number of hydrogen-bond acceptors (Lipinski definition) is 8. The molecule has 2 heterocycles. The summed E-state index contributed by atoms with van der Waals surface area (Å²) < 4.78 is 38.8. The molecule has 0 radical (unpaired) electrons. The first-order valence-electron chi connectivity index (χ1n) is 15.9. The highest BCUT2D eigenvalue weighted by Crippen LogP contribution is 2.45. The molecule has 5 rings (SSSR count). The third kappa shape index (κ3) is 7.69. The molecule has 12 nitrogen and oxygen atoms in total. The lowest BCUT2D eigenvalue weighted by molar-refractivity contribution is -0.141. The van der Waals surface area contributed by atoms with Gasteiger partial charge in [0.25, 0.3) is 5.91 Å². The molecule has 4 amide bonds. The second kappa shape index (κ2) is 13.5. The number of cyclic esters (lactones) is 1. The molecule has 2 saturated carbocycles. The normalized spacial score (nSPS) is 29.5. The highest BCUT2D eigenvalue weighted by atomic mass is 32.2. The van der Waals surface area contributed by atoms with Crippen LogP contribution in [-0.2, 0) is 46.9 Å². The lowest BCUT2D eigenvalue weighted by Gasteiger charge is -2.31. The SMILES string of the molecule is C=C[C@H]1C[C@]1(NC(=O)[C@@H]1C[C@@H]2CN1C(=O)[C@H](C(C)C)NC(=O)OCCCCCc1cccc(c1)CO2)C(=O)NS(=O)(=O)C1CC1. The molecule has 3 N–H and O–H groups in total. The fraction of sp³-hybridized carbons (Fsp3) is 0.625. The van der Waals surface area contributed by atoms with E-state index in [-0.39, 0.29) is 38.5 Å². The lowest BCUT2D eigenvalue weighted by Crippen LogP contribution is -2.59. The van der Waals surface area contributed by atoms with Crippen LogP contribution in [-0.4, -0.2) is 79.3 Å². The van der Waals surface area contributed by atoms with Crippen LogP contribution in [0.15, 0.2) is 36.9 Å². The van der Waals surface area contributed by atoms with Crippen molar-refractivity contribution in [1.29, 1.82) is 0 Å². The molecule has 2 aliphatic carbocycles. The number of amides is 4. The molecule has 246 valence electrons. The fourth-order valence-corrected chi connectivity index (χ4v) is 7.52. The van der Waals surface area contributed by atoms with E-state index in [1.807, 2.05) is 12.1 Å². The van der Waals surface area contributed by atoms with E-state index in [4.69, 9.17) is 9.47 Å². The zero-order chi connectivity index (χ0) is 32.4. The predicted octanol–water partition coefficient (Wildman–Crippen LogP) is 2.32. The molecule has 13 heteroatoms. The number of hydrogen-bond donors (Lipinski definition) is 3. The molecule has 0 aromatic heterocycles. The second-order valence-corrected chi connectivity index (χ2v) is 15.0. The fourth-order valence-electron chi connectivity index (χ4n) is 6.15. The van der Waals surface area contributed by atoms with Crippen molar-refractivity contribution in [3.8, 4) is 0 Å². The maximum absolute atomic E-state index is 14.0. The van der Waals surface area contributed by atoms with Gasteiger partial charge in [-0.15, -0.1) is 6.58 Å². The van der Waals surface area contributed by atoms with Gasteiger partial charge in [-0.3, -0.25) is 19.1 Å². The number of carbonyl (C=O) groups excluding carboxylic acids is 4. The molecule has 45 heavy (non-hydrogen) atoms. The maximum Gasteiger partial charge on any atom is 0.407 e. The highest BCUT2D eigenvalue weighted by molar-refractivity contribution is 7.91. The first-order valence-corrected chi connectivity index (χ1v) is 17.4. The van der Waals surface area contributed by atoms with Crippen molar-refractivity contribution in [3.05, 3.63) is 48.0 Å². The van der Waals surface area contributed by atoms with Crippen molar-refractivity contribution in [2.24, 2.45) is 11.8 Å². The number of nitrogens with zero attached hydrogens (tertiary/aromatic N) is 1. The van der Waals surface area contributed by atoms with Gasteiger partial charge in [-0.1, -0.05) is 44.2 Å². The zero-order valence-electron chi connectivity index (χ0n) is 26.0. The van der Waals surface area contributed by atoms with Crippen LogP contribution in [0.25, 0.3) is 0 Å². The summed E-state index contributed by atoms with van der Waals surface area (Å²) in [5.74, 6) is -2.67. The smallest absolute Gasteiger partial charge is 0.407 e. The monoisotopic (exact) mass is 644 g/mol. The van der Waals surface area contributed by atoms with Gasteiger partial charge in [-0.25, -0.2) is 13.2 Å². The van der Waals surface area contributed by atoms with Crippen molar-refractivity contribution in [2.75, 3.05) is 13.2 Å². The lowest BCUT2D eigenvalue weighted by atomic mass is 10.0. The molecule has 1 saturated heterocycles. The van der Waals surface area contributed by atoms with Gasteiger partial charge in [0.1, 0.15) is 17.6 Å². The second-order valence-electron chi connectivity index (χ2n) is 13.0. The summed E-state index contributed by atoms with van der Waals surface area (Å²) in [7, 11) is -3.84. The number of carbonyl (C=O) groups is 4. The van der Waals surface area contributed by atoms with E-state index >= 15 is 0 Å². The number of ether oxygens (including phenoxy) is 2. The Bertz CT molecular complexity index is 1430. The summed E-state index contributed by atoms with van der Waals surface area (Å²) in [5, 5.41) is 4.86. The van der Waals surface area contributed by atoms with Crippen molar-refractivity contribution in [3.63, 3.8) is 0 Å². The molecule has 2 aliphatic heterocycles. The number of rotatable bonds is 7. The molecule has 0 unspecified atom stereocenters. The van der Waals surface area contributed by atoms with E-state index in [0.29, 0.717) is 19.3 Å². The van der Waals surface area contributed by atoms with Crippen molar-refractivity contribution >= 4 is 33.8 Å². The Balaban J connectivity index is 1.38. The Labute approximate surface area is 264 Å². The van der Waals surface area contributed by atoms with Gasteiger partial charge in [-0.05, 0) is 62.0 Å². The van der Waals surface area contributed by atoms with Crippen LogP contribution in [0.5, 0.6) is 0 Å². The number of benzene rings is 1. The molecule has 5 atom stereocenters. The summed E-state index contributed by atoms with van der Waals surface area (Å²) in [6.45, 7) is 7.94. The van der Waals surface area contributed by atoms with Gasteiger partial charge < -0.3 is 25.0 Å². The minimum atomic E-state index is -3.84. The van der Waals surface area contributed by atoms with Crippen molar-refractivity contribution in [1.82, 2.24) is 20.3 Å². The average molecular weight is 645 g/mol. The van der Waals surface area contributed by atoms with E-state index in [1.54, 1.807) is 13.8 Å². The third-order valence-corrected chi connectivity index (χ3v) is 10.9. The van der Waals surface area contributed by atoms with E-state index in [2.05, 4.69) is 34.1 Å². The van der Waals surface area contributed by atoms with Gasteiger partial charge in [-0.2, -0.15) is 0 Å². The molecular formula is C32H44N4O8S. The number of alkyl carbamates (subject to hydrolysis) is 1. The van der Waals surface area contributed by atoms with Crippen molar-refractivity contribution < 1.29 is 37.1 Å². The Morgan fingerprint density at radius 2 is 1.91 bits per heavy atom. The first-order chi connectivity index (χ1) is 21.4. The van der Waals surface area contributed by atoms with E-state index < -0.39 is 68.7 Å². The van der Waals surface area contributed by atoms with Crippen LogP contribution in [0.4, 0.5) is 4.79 Å². The summed E-state index contributed by atoms with van der Waals surface area (Å²) >= 11 is 0. The quantitative estimate of drug-likeness (QED) is 0.382. The minimum Gasteiger partial charge on any atom is -0.450 e. The minimum absolute atomic E-state index is 0.0939. The molecular weight excluding hydrogens is 600 g/mol. The van der Waals surface area contributed by atoms with Crippen LogP contribution < -0.4 is 15.4 Å². The van der Waals surface area contributed by atoms with Crippen molar-refractivity contribution in [2.45, 2.75) is 101 Å². The average Bonchev–Trinajstić information content (AvgIpc) is 3.92. The van der Waals surface area contributed by atoms with E-state index in [9.17, 15) is 27.6 Å². The number of nitrogens with one attached hydrogen (secondary N) is 3. The molecule has 0 spiro atoms. The Kier molecular flexibility index (Phi) is 9.88. The van der Waals surface area contributed by atoms with Crippen LogP contribution in [0, 0.1) is 11.8 Å². The first kappa shape index (κ1) is 32.9. The molecule has 3 fully saturated rings. The summed E-state index contributed by atoms with van der Waals surface area (Å²) in [4.78, 5) is 55.3. The summed E-state index contributed by atoms with van der Waals surface area (Å²) in [5.41, 5.74) is 0.666. The number of aryl methyl sites for hydroxylation is 1. The van der Waals surface area contributed by atoms with Gasteiger partial charge in [0.2, 0.25) is 21.8 Å². The van der Waals surface area contributed by atoms with Crippen LogP contribution in [0.1, 0.15) is 69.9 Å². The van der Waals surface area contributed by atoms with Gasteiger partial charge in [0.15, 0.2) is 0 Å². The van der Waals surface area contributed by atoms with Crippen LogP contribution >= 0.6 is 0 Å². The van der Waals surface area contributed by atoms with Gasteiger partial charge >= 0.3 is 6.09 Å². The molecule has 4 aliphatic rings. The zero-order valence-corrected chi connectivity index (χ0v) is 26.8. The number of fused-ring (bicyclic) bond motifs is 4. The predicted molar refractivity (Wildman–Crippen MR) is 165 cm³/mol. The third-order valence-electron chi connectivity index (χ3n) is 9.12. The Morgan fingerprint density at radius 3 is 2.60 bits per heavy atom. The highest BCUT2D eigenvalue weighted by Gasteiger charge is 2.62. The molecule has 4 bridgehead atoms. The Hall–Kier alpha value is -3.45. The van der Waals surface area contributed by atoms with E-state index in [1.165, 1.54) is 16.5 Å². The Morgan fingerprint density at radius 1 is 1.16 bits per heavy atom. The van der Waals surface area contributed by atoms with Crippen LogP contribution in [0.3, 0.4) is 0 Å². The maximum atomic E-state index is 14.0. The number of sulfonamides is 1. The largest absolute Gasteiger partial charge is 0.450 e. The molecule has 1 aromatic carbocycles. The van der Waals surface area contributed by atoms with Gasteiger partial charge in [0, 0.05) is 18.9 Å². The molecule has 1 aromatic rings. The van der Waals surface area contributed by atoms with E-state index in [0.717, 1.165) is 24.8 Å². The van der Waals surface area contributed by atoms with Gasteiger partial charge in [0.05, 0.1) is 24.6 Å². The topological polar surface area (TPSA) is 160 Å². The standard InChI is InChI=1S/C32H44N4O8S/c1-4-23-17-32(23,30(39)35-45(41,42)25-12-13-25)34-28(37)26-16-24-18-36(26)29(38)27(20(2)3)33-31(40)43-14-7-5-6-9-21-10-8-11-22(15-21)19-44-24/h4,8,10-11,15,20,23-27H,1,5-7,9,12-14,16-19H2,2-3H3,(H,33,40)(H,34,37)(H,35,39)/t23-,24+,26-,27-,32+/m0/s1. The summed E-state index contributed by atoms with van der Waals surface area (Å²) in [6, 6.07) is 6.11. The van der Waals surface area contributed by atoms with Crippen LogP contribution in [0.2, 0.25) is 0 Å².